The van der Waals surface area contributed by atoms with Gasteiger partial charge in [-0.25, -0.2) is 8.42 Å². The summed E-state index contributed by atoms with van der Waals surface area (Å²) in [6.07, 6.45) is 0. The van der Waals surface area contributed by atoms with Gasteiger partial charge in [0.1, 0.15) is 33.5 Å². The zero-order valence-corrected chi connectivity index (χ0v) is 22.1. The summed E-state index contributed by atoms with van der Waals surface area (Å²) in [6.45, 7) is 0. The Bertz CT molecular complexity index is 1290. The number of sulfone groups is 1. The maximum Gasteiger partial charge on any atom is 0.172 e. The number of rotatable bonds is 10. The smallest absolute Gasteiger partial charge is 0.172 e. The number of methoxy groups -OCH3 is 4. The average Bonchev–Trinajstić information content (AvgIpc) is 2.93. The predicted octanol–water partition coefficient (Wildman–Crippen LogP) is 6.01. The monoisotopic (exact) mass is 518 g/mol. The molecule has 6 nitrogen and oxygen atoms in total. The maximum absolute atomic E-state index is 14.9. The van der Waals surface area contributed by atoms with E-state index in [1.54, 1.807) is 64.8 Å². The molecular formula is C30H30O6S. The van der Waals surface area contributed by atoms with Crippen molar-refractivity contribution >= 4 is 9.84 Å². The van der Waals surface area contributed by atoms with Crippen molar-refractivity contribution in [3.05, 3.63) is 119 Å². The van der Waals surface area contributed by atoms with Crippen LogP contribution < -0.4 is 18.9 Å². The Morgan fingerprint density at radius 3 is 1.03 bits per heavy atom. The highest BCUT2D eigenvalue weighted by atomic mass is 32.2. The van der Waals surface area contributed by atoms with Gasteiger partial charge in [-0.1, -0.05) is 60.7 Å². The van der Waals surface area contributed by atoms with Crippen LogP contribution in [0.2, 0.25) is 0 Å². The highest BCUT2D eigenvalue weighted by Gasteiger charge is 2.39. The fourth-order valence-corrected chi connectivity index (χ4v) is 6.87. The minimum atomic E-state index is -4.00. The van der Waals surface area contributed by atoms with Crippen LogP contribution in [0.4, 0.5) is 0 Å². The SMILES string of the molecule is COc1cc(OC)cc(C(c2ccccc2)S(=O)(=O)C(c2ccccc2)c2cc(OC)cc(OC)c2)c1. The van der Waals surface area contributed by atoms with Crippen molar-refractivity contribution in [1.29, 1.82) is 0 Å². The molecule has 0 heterocycles. The largest absolute Gasteiger partial charge is 0.497 e. The molecule has 7 heteroatoms. The van der Waals surface area contributed by atoms with Gasteiger partial charge in [-0.2, -0.15) is 0 Å². The summed E-state index contributed by atoms with van der Waals surface area (Å²) in [5, 5.41) is -2.03. The van der Waals surface area contributed by atoms with Gasteiger partial charge in [0.2, 0.25) is 0 Å². The second-order valence-corrected chi connectivity index (χ2v) is 10.6. The first-order valence-electron chi connectivity index (χ1n) is 11.7. The molecule has 0 saturated heterocycles. The summed E-state index contributed by atoms with van der Waals surface area (Å²) in [4.78, 5) is 0. The van der Waals surface area contributed by atoms with Gasteiger partial charge in [0.25, 0.3) is 0 Å². The maximum atomic E-state index is 14.9. The van der Waals surface area contributed by atoms with Crippen molar-refractivity contribution < 1.29 is 27.4 Å². The molecule has 0 saturated carbocycles. The summed E-state index contributed by atoms with van der Waals surface area (Å²) in [6, 6.07) is 28.8. The molecule has 0 fully saturated rings. The van der Waals surface area contributed by atoms with Crippen LogP contribution in [0.5, 0.6) is 23.0 Å². The van der Waals surface area contributed by atoms with E-state index >= 15 is 0 Å². The molecule has 192 valence electrons. The molecule has 2 unspecified atom stereocenters. The number of benzene rings is 4. The molecule has 4 aromatic rings. The first-order valence-corrected chi connectivity index (χ1v) is 13.3. The van der Waals surface area contributed by atoms with Gasteiger partial charge in [0, 0.05) is 12.1 Å². The quantitative estimate of drug-likeness (QED) is 0.256. The van der Waals surface area contributed by atoms with E-state index in [0.29, 0.717) is 45.3 Å². The van der Waals surface area contributed by atoms with Gasteiger partial charge in [0.05, 0.1) is 28.4 Å². The van der Waals surface area contributed by atoms with Gasteiger partial charge < -0.3 is 18.9 Å². The van der Waals surface area contributed by atoms with Crippen molar-refractivity contribution in [3.8, 4) is 23.0 Å². The van der Waals surface area contributed by atoms with E-state index in [-0.39, 0.29) is 0 Å². The minimum absolute atomic E-state index is 0.504. The Morgan fingerprint density at radius 2 is 0.757 bits per heavy atom. The van der Waals surface area contributed by atoms with E-state index in [1.807, 2.05) is 60.7 Å². The van der Waals surface area contributed by atoms with Crippen LogP contribution >= 0.6 is 0 Å². The van der Waals surface area contributed by atoms with Gasteiger partial charge in [-0.05, 0) is 46.5 Å². The van der Waals surface area contributed by atoms with Crippen molar-refractivity contribution in [3.63, 3.8) is 0 Å². The van der Waals surface area contributed by atoms with Gasteiger partial charge in [-0.3, -0.25) is 0 Å². The normalized spacial score (nSPS) is 12.9. The molecule has 0 bridgehead atoms. The predicted molar refractivity (Wildman–Crippen MR) is 145 cm³/mol. The lowest BCUT2D eigenvalue weighted by Gasteiger charge is -2.27. The first kappa shape index (κ1) is 26.1. The third-order valence-electron chi connectivity index (χ3n) is 6.21. The van der Waals surface area contributed by atoms with Crippen LogP contribution in [0.25, 0.3) is 0 Å². The van der Waals surface area contributed by atoms with E-state index in [4.69, 9.17) is 18.9 Å². The van der Waals surface area contributed by atoms with E-state index in [1.165, 1.54) is 0 Å². The molecule has 37 heavy (non-hydrogen) atoms. The Balaban J connectivity index is 2.02. The highest BCUT2D eigenvalue weighted by Crippen LogP contribution is 2.45. The summed E-state index contributed by atoms with van der Waals surface area (Å²) in [5.41, 5.74) is 2.35. The lowest BCUT2D eigenvalue weighted by atomic mass is 10.0. The molecule has 2 atom stereocenters. The fraction of sp³-hybridized carbons (Fsp3) is 0.200. The molecule has 0 spiro atoms. The van der Waals surface area contributed by atoms with E-state index < -0.39 is 20.3 Å². The number of hydrogen-bond donors (Lipinski definition) is 0. The fourth-order valence-electron chi connectivity index (χ4n) is 4.50. The van der Waals surface area contributed by atoms with E-state index in [9.17, 15) is 8.42 Å². The van der Waals surface area contributed by atoms with Crippen LogP contribution in [0, 0.1) is 0 Å². The number of hydrogen-bond acceptors (Lipinski definition) is 6. The summed E-state index contributed by atoms with van der Waals surface area (Å²) in [7, 11) is 2.17. The van der Waals surface area contributed by atoms with E-state index in [2.05, 4.69) is 0 Å². The molecule has 0 aromatic heterocycles. The molecular weight excluding hydrogens is 488 g/mol. The third kappa shape index (κ3) is 5.57. The van der Waals surface area contributed by atoms with Crippen LogP contribution in [0.15, 0.2) is 97.1 Å². The van der Waals surface area contributed by atoms with Gasteiger partial charge in [-0.15, -0.1) is 0 Å². The second kappa shape index (κ2) is 11.4. The standard InChI is InChI=1S/C30H30O6S/c1-33-25-15-23(16-26(19-25)34-2)29(21-11-7-5-8-12-21)37(31,32)30(22-13-9-6-10-14-22)24-17-27(35-3)20-28(18-24)36-4/h5-20,29-30H,1-4H3. The minimum Gasteiger partial charge on any atom is -0.497 e. The summed E-state index contributed by atoms with van der Waals surface area (Å²) < 4.78 is 51.6. The zero-order chi connectivity index (χ0) is 26.4. The average molecular weight is 519 g/mol. The van der Waals surface area contributed by atoms with Crippen molar-refractivity contribution in [2.45, 2.75) is 10.5 Å². The van der Waals surface area contributed by atoms with Crippen LogP contribution in [0.1, 0.15) is 32.8 Å². The summed E-state index contributed by atoms with van der Waals surface area (Å²) in [5.74, 6) is 2.02. The highest BCUT2D eigenvalue weighted by molar-refractivity contribution is 7.92. The van der Waals surface area contributed by atoms with Gasteiger partial charge >= 0.3 is 0 Å². The third-order valence-corrected chi connectivity index (χ3v) is 8.62. The zero-order valence-electron chi connectivity index (χ0n) is 21.3. The van der Waals surface area contributed by atoms with Crippen LogP contribution in [0.3, 0.4) is 0 Å². The summed E-state index contributed by atoms with van der Waals surface area (Å²) >= 11 is 0. The molecule has 4 rings (SSSR count). The molecule has 0 radical (unpaired) electrons. The van der Waals surface area contributed by atoms with Crippen molar-refractivity contribution in [1.82, 2.24) is 0 Å². The second-order valence-electron chi connectivity index (χ2n) is 8.46. The lowest BCUT2D eigenvalue weighted by Crippen LogP contribution is -2.23. The molecule has 0 aliphatic heterocycles. The molecule has 0 N–H and O–H groups in total. The van der Waals surface area contributed by atoms with E-state index in [0.717, 1.165) is 0 Å². The molecule has 0 aliphatic rings. The van der Waals surface area contributed by atoms with Crippen LogP contribution in [-0.2, 0) is 9.84 Å². The Morgan fingerprint density at radius 1 is 0.459 bits per heavy atom. The first-order chi connectivity index (χ1) is 17.9. The number of ether oxygens (including phenoxy) is 4. The topological polar surface area (TPSA) is 71.1 Å². The Hall–Kier alpha value is -3.97. The van der Waals surface area contributed by atoms with Gasteiger partial charge in [0.15, 0.2) is 9.84 Å². The molecule has 0 amide bonds. The molecule has 0 aliphatic carbocycles. The molecule has 4 aromatic carbocycles. The van der Waals surface area contributed by atoms with Crippen molar-refractivity contribution in [2.24, 2.45) is 0 Å². The Labute approximate surface area is 218 Å². The van der Waals surface area contributed by atoms with Crippen molar-refractivity contribution in [2.75, 3.05) is 28.4 Å². The van der Waals surface area contributed by atoms with Crippen LogP contribution in [-0.4, -0.2) is 36.9 Å². The lowest BCUT2D eigenvalue weighted by molar-refractivity contribution is 0.393. The Kier molecular flexibility index (Phi) is 8.04.